The fraction of sp³-hybridized carbons (Fsp3) is 0.190. The van der Waals surface area contributed by atoms with Crippen LogP contribution in [0.3, 0.4) is 0 Å². The summed E-state index contributed by atoms with van der Waals surface area (Å²) in [5, 5.41) is 5.08. The minimum atomic E-state index is -3.71. The van der Waals surface area contributed by atoms with Gasteiger partial charge in [0.15, 0.2) is 0 Å². The molecule has 2 aromatic carbocycles. The van der Waals surface area contributed by atoms with Gasteiger partial charge in [-0.25, -0.2) is 17.8 Å². The van der Waals surface area contributed by atoms with Gasteiger partial charge in [-0.3, -0.25) is 4.79 Å². The van der Waals surface area contributed by atoms with Crippen LogP contribution in [0.15, 0.2) is 70.4 Å². The summed E-state index contributed by atoms with van der Waals surface area (Å²) in [5.74, 6) is 0.0112. The van der Waals surface area contributed by atoms with Gasteiger partial charge in [0.1, 0.15) is 16.6 Å². The molecule has 8 nitrogen and oxygen atoms in total. The third kappa shape index (κ3) is 3.78. The van der Waals surface area contributed by atoms with Gasteiger partial charge in [-0.05, 0) is 24.3 Å². The zero-order valence-corrected chi connectivity index (χ0v) is 18.4. The Bertz CT molecular complexity index is 1430. The van der Waals surface area contributed by atoms with Crippen LogP contribution in [0.5, 0.6) is 0 Å². The summed E-state index contributed by atoms with van der Waals surface area (Å²) >= 11 is 1.32. The van der Waals surface area contributed by atoms with Crippen molar-refractivity contribution in [1.29, 1.82) is 0 Å². The van der Waals surface area contributed by atoms with Crippen LogP contribution in [0.1, 0.15) is 0 Å². The second kappa shape index (κ2) is 8.08. The summed E-state index contributed by atoms with van der Waals surface area (Å²) in [6, 6.07) is 15.8. The van der Waals surface area contributed by atoms with Crippen molar-refractivity contribution in [3.63, 3.8) is 0 Å². The lowest BCUT2D eigenvalue weighted by Gasteiger charge is -2.34. The highest BCUT2D eigenvalue weighted by Crippen LogP contribution is 2.25. The number of nitrogens with zero attached hydrogens (tertiary/aromatic N) is 5. The maximum Gasteiger partial charge on any atom is 0.277 e. The van der Waals surface area contributed by atoms with E-state index in [2.05, 4.69) is 10.1 Å². The molecule has 32 heavy (non-hydrogen) atoms. The summed E-state index contributed by atoms with van der Waals surface area (Å²) in [4.78, 5) is 19.6. The van der Waals surface area contributed by atoms with E-state index in [1.165, 1.54) is 38.4 Å². The van der Waals surface area contributed by atoms with Gasteiger partial charge in [0.25, 0.3) is 5.56 Å². The predicted octanol–water partition coefficient (Wildman–Crippen LogP) is 2.47. The number of hydrogen-bond acceptors (Lipinski definition) is 7. The van der Waals surface area contributed by atoms with E-state index in [1.807, 2.05) is 35.2 Å². The van der Waals surface area contributed by atoms with E-state index in [4.69, 9.17) is 0 Å². The van der Waals surface area contributed by atoms with E-state index in [0.29, 0.717) is 28.9 Å². The van der Waals surface area contributed by atoms with Crippen LogP contribution in [0.2, 0.25) is 0 Å². The van der Waals surface area contributed by atoms with Gasteiger partial charge in [-0.2, -0.15) is 13.9 Å². The van der Waals surface area contributed by atoms with Crippen LogP contribution in [0.4, 0.5) is 10.2 Å². The van der Waals surface area contributed by atoms with Gasteiger partial charge in [-0.1, -0.05) is 41.7 Å². The Morgan fingerprint density at radius 3 is 2.31 bits per heavy atom. The number of aromatic nitrogens is 3. The standard InChI is InChI=1S/C21H18FN5O3S2/c22-16-6-8-17(9-7-16)32(29,30)26-12-10-25(11-13-26)18-14-19(28)27-21(23-18)31-20(24-27)15-4-2-1-3-5-15/h1-9,14H,10-13H2. The molecular formula is C21H18FN5O3S2. The molecule has 2 aromatic heterocycles. The smallest absolute Gasteiger partial charge is 0.277 e. The molecule has 0 spiro atoms. The van der Waals surface area contributed by atoms with Gasteiger partial charge in [0.2, 0.25) is 15.0 Å². The van der Waals surface area contributed by atoms with E-state index in [1.54, 1.807) is 0 Å². The number of piperazine rings is 1. The Morgan fingerprint density at radius 1 is 0.938 bits per heavy atom. The van der Waals surface area contributed by atoms with Crippen LogP contribution in [-0.4, -0.2) is 53.5 Å². The summed E-state index contributed by atoms with van der Waals surface area (Å²) in [6.07, 6.45) is 0. The van der Waals surface area contributed by atoms with E-state index in [-0.39, 0.29) is 23.5 Å². The topological polar surface area (TPSA) is 87.9 Å². The third-order valence-corrected chi connectivity index (χ3v) is 8.14. The molecule has 0 saturated carbocycles. The second-order valence-corrected chi connectivity index (χ2v) is 10.2. The van der Waals surface area contributed by atoms with Crippen LogP contribution in [0.25, 0.3) is 15.5 Å². The summed E-state index contributed by atoms with van der Waals surface area (Å²) in [5.41, 5.74) is 0.619. The molecular weight excluding hydrogens is 453 g/mol. The van der Waals surface area contributed by atoms with Crippen molar-refractivity contribution in [3.05, 3.63) is 76.8 Å². The summed E-state index contributed by atoms with van der Waals surface area (Å²) < 4.78 is 41.4. The van der Waals surface area contributed by atoms with Crippen molar-refractivity contribution in [2.75, 3.05) is 31.1 Å². The summed E-state index contributed by atoms with van der Waals surface area (Å²) in [6.45, 7) is 1.23. The Morgan fingerprint density at radius 2 is 1.62 bits per heavy atom. The first kappa shape index (κ1) is 20.7. The first-order valence-electron chi connectivity index (χ1n) is 9.89. The van der Waals surface area contributed by atoms with Crippen LogP contribution < -0.4 is 10.5 Å². The number of anilines is 1. The van der Waals surface area contributed by atoms with Crippen LogP contribution in [-0.2, 0) is 10.0 Å². The van der Waals surface area contributed by atoms with Crippen molar-refractivity contribution < 1.29 is 12.8 Å². The molecule has 4 aromatic rings. The average molecular weight is 472 g/mol. The lowest BCUT2D eigenvalue weighted by Crippen LogP contribution is -2.49. The zero-order valence-electron chi connectivity index (χ0n) is 16.8. The second-order valence-electron chi connectivity index (χ2n) is 7.27. The molecule has 0 amide bonds. The molecule has 11 heteroatoms. The minimum Gasteiger partial charge on any atom is -0.354 e. The molecule has 164 valence electrons. The number of halogens is 1. The molecule has 5 rings (SSSR count). The van der Waals surface area contributed by atoms with E-state index < -0.39 is 15.8 Å². The van der Waals surface area contributed by atoms with Gasteiger partial charge in [0, 0.05) is 37.8 Å². The number of benzene rings is 2. The molecule has 1 aliphatic rings. The molecule has 0 N–H and O–H groups in total. The Hall–Kier alpha value is -3.15. The molecule has 0 bridgehead atoms. The van der Waals surface area contributed by atoms with Crippen molar-refractivity contribution in [3.8, 4) is 10.6 Å². The molecule has 1 aliphatic heterocycles. The average Bonchev–Trinajstić information content (AvgIpc) is 3.25. The number of sulfonamides is 1. The van der Waals surface area contributed by atoms with Gasteiger partial charge in [-0.15, -0.1) is 0 Å². The normalized spacial score (nSPS) is 15.3. The maximum absolute atomic E-state index is 13.1. The first-order valence-corrected chi connectivity index (χ1v) is 12.1. The zero-order chi connectivity index (χ0) is 22.3. The van der Waals surface area contributed by atoms with Crippen molar-refractivity contribution in [1.82, 2.24) is 18.9 Å². The quantitative estimate of drug-likeness (QED) is 0.454. The minimum absolute atomic E-state index is 0.0586. The number of hydrogen-bond donors (Lipinski definition) is 0. The molecule has 3 heterocycles. The van der Waals surface area contributed by atoms with E-state index in [9.17, 15) is 17.6 Å². The molecule has 0 aliphatic carbocycles. The Kier molecular flexibility index (Phi) is 5.24. The predicted molar refractivity (Wildman–Crippen MR) is 120 cm³/mol. The van der Waals surface area contributed by atoms with Gasteiger partial charge in [0.05, 0.1) is 4.90 Å². The monoisotopic (exact) mass is 471 g/mol. The van der Waals surface area contributed by atoms with E-state index >= 15 is 0 Å². The maximum atomic E-state index is 13.1. The molecule has 1 fully saturated rings. The molecule has 0 atom stereocenters. The first-order chi connectivity index (χ1) is 15.4. The highest BCUT2D eigenvalue weighted by atomic mass is 32.2. The third-order valence-electron chi connectivity index (χ3n) is 5.27. The molecule has 1 saturated heterocycles. The number of fused-ring (bicyclic) bond motifs is 1. The Labute approximate surface area is 187 Å². The van der Waals surface area contributed by atoms with Crippen LogP contribution in [0, 0.1) is 5.82 Å². The highest BCUT2D eigenvalue weighted by molar-refractivity contribution is 7.89. The van der Waals surface area contributed by atoms with Crippen LogP contribution >= 0.6 is 11.3 Å². The largest absolute Gasteiger partial charge is 0.354 e. The Balaban J connectivity index is 1.37. The lowest BCUT2D eigenvalue weighted by atomic mass is 10.2. The molecule has 0 radical (unpaired) electrons. The SMILES string of the molecule is O=c1cc(N2CCN(S(=O)(=O)c3ccc(F)cc3)CC2)nc2sc(-c3ccccc3)nn12. The summed E-state index contributed by atoms with van der Waals surface area (Å²) in [7, 11) is -3.71. The van der Waals surface area contributed by atoms with E-state index in [0.717, 1.165) is 17.7 Å². The molecule has 0 unspecified atom stereocenters. The van der Waals surface area contributed by atoms with Gasteiger partial charge >= 0.3 is 0 Å². The fourth-order valence-corrected chi connectivity index (χ4v) is 5.90. The van der Waals surface area contributed by atoms with Crippen molar-refractivity contribution >= 4 is 32.1 Å². The number of rotatable bonds is 4. The fourth-order valence-electron chi connectivity index (χ4n) is 3.57. The van der Waals surface area contributed by atoms with Crippen molar-refractivity contribution in [2.24, 2.45) is 0 Å². The van der Waals surface area contributed by atoms with Gasteiger partial charge < -0.3 is 4.90 Å². The highest BCUT2D eigenvalue weighted by Gasteiger charge is 2.29. The van der Waals surface area contributed by atoms with Crippen molar-refractivity contribution in [2.45, 2.75) is 4.90 Å². The lowest BCUT2D eigenvalue weighted by molar-refractivity contribution is 0.383.